The highest BCUT2D eigenvalue weighted by molar-refractivity contribution is 7.99. The Morgan fingerprint density at radius 2 is 1.76 bits per heavy atom. The van der Waals surface area contributed by atoms with Crippen molar-refractivity contribution in [2.45, 2.75) is 29.3 Å². The average Bonchev–Trinajstić information content (AvgIpc) is 2.81. The van der Waals surface area contributed by atoms with Crippen LogP contribution in [0.2, 0.25) is 5.02 Å². The first-order chi connectivity index (χ1) is 17.4. The molecule has 1 heterocycles. The summed E-state index contributed by atoms with van der Waals surface area (Å²) in [4.78, 5) is 16.3. The Balaban J connectivity index is 1.88. The zero-order chi connectivity index (χ0) is 27.0. The molecule has 1 aromatic heterocycles. The Hall–Kier alpha value is -3.15. The van der Waals surface area contributed by atoms with Gasteiger partial charge in [0.1, 0.15) is 5.75 Å². The summed E-state index contributed by atoms with van der Waals surface area (Å²) >= 11 is 7.09. The molecule has 4 rings (SSSR count). The molecular formula is C25H20ClF3N2O4S2. The maximum absolute atomic E-state index is 13.5. The van der Waals surface area contributed by atoms with Crippen molar-refractivity contribution < 1.29 is 26.7 Å². The summed E-state index contributed by atoms with van der Waals surface area (Å²) in [7, 11) is -3.50. The van der Waals surface area contributed by atoms with E-state index in [0.717, 1.165) is 30.0 Å². The normalized spacial score (nSPS) is 12.1. The number of alkyl halides is 3. The van der Waals surface area contributed by atoms with Gasteiger partial charge in [0.25, 0.3) is 5.56 Å². The number of H-pyrrole nitrogens is 1. The Labute approximate surface area is 219 Å². The molecule has 0 saturated heterocycles. The molecule has 0 aliphatic carbocycles. The highest BCUT2D eigenvalue weighted by atomic mass is 35.5. The van der Waals surface area contributed by atoms with E-state index < -0.39 is 27.3 Å². The van der Waals surface area contributed by atoms with E-state index >= 15 is 0 Å². The predicted molar refractivity (Wildman–Crippen MR) is 140 cm³/mol. The molecule has 12 heteroatoms. The molecule has 0 amide bonds. The standard InChI is InChI=1S/C25H20ClF3N2O4S2/c1-2-11-37(34,35)31-16-5-7-17(8-6-16)36-23-22(19-13-15(26)4-10-21(19)32)18-12-14(25(27,28)29)3-9-20(18)30-24(23)33/h3-10,12-13,31-32H,2,11H2,1H3,(H,30,33). The molecule has 0 atom stereocenters. The molecule has 0 fully saturated rings. The van der Waals surface area contributed by atoms with E-state index in [0.29, 0.717) is 17.0 Å². The number of hydrogen-bond donors (Lipinski definition) is 3. The van der Waals surface area contributed by atoms with Gasteiger partial charge in [0.2, 0.25) is 10.0 Å². The van der Waals surface area contributed by atoms with Gasteiger partial charge in [0.15, 0.2) is 0 Å². The van der Waals surface area contributed by atoms with Crippen LogP contribution in [0.3, 0.4) is 0 Å². The lowest BCUT2D eigenvalue weighted by Gasteiger charge is -2.16. The monoisotopic (exact) mass is 568 g/mol. The minimum atomic E-state index is -4.63. The zero-order valence-electron chi connectivity index (χ0n) is 19.2. The third-order valence-corrected chi connectivity index (χ3v) is 8.18. The first kappa shape index (κ1) is 26.9. The number of fused-ring (bicyclic) bond motifs is 1. The lowest BCUT2D eigenvalue weighted by atomic mass is 9.98. The van der Waals surface area contributed by atoms with E-state index in [4.69, 9.17) is 11.6 Å². The van der Waals surface area contributed by atoms with E-state index in [2.05, 4.69) is 9.71 Å². The van der Waals surface area contributed by atoms with Gasteiger partial charge in [-0.25, -0.2) is 8.42 Å². The SMILES string of the molecule is CCCS(=O)(=O)Nc1ccc(Sc2c(-c3cc(Cl)ccc3O)c3cc(C(F)(F)F)ccc3[nH]c2=O)cc1. The number of aromatic amines is 1. The largest absolute Gasteiger partial charge is 0.507 e. The number of aromatic nitrogens is 1. The fourth-order valence-electron chi connectivity index (χ4n) is 3.73. The molecule has 0 saturated carbocycles. The Kier molecular flexibility index (Phi) is 7.50. The lowest BCUT2D eigenvalue weighted by molar-refractivity contribution is -0.137. The third-order valence-electron chi connectivity index (χ3n) is 5.35. The van der Waals surface area contributed by atoms with E-state index in [9.17, 15) is 31.5 Å². The molecule has 0 spiro atoms. The number of aromatic hydroxyl groups is 1. The van der Waals surface area contributed by atoms with Gasteiger partial charge in [-0.05, 0) is 67.1 Å². The van der Waals surface area contributed by atoms with Crippen LogP contribution in [0.15, 0.2) is 75.2 Å². The summed E-state index contributed by atoms with van der Waals surface area (Å²) in [6.07, 6.45) is -4.19. The van der Waals surface area contributed by atoms with Gasteiger partial charge in [0.05, 0.1) is 16.2 Å². The zero-order valence-corrected chi connectivity index (χ0v) is 21.6. The van der Waals surface area contributed by atoms with Crippen molar-refractivity contribution in [3.8, 4) is 16.9 Å². The van der Waals surface area contributed by atoms with Crippen LogP contribution in [0.1, 0.15) is 18.9 Å². The summed E-state index contributed by atoms with van der Waals surface area (Å²) in [6, 6.07) is 13.2. The quantitative estimate of drug-likeness (QED) is 0.226. The Morgan fingerprint density at radius 1 is 1.05 bits per heavy atom. The van der Waals surface area contributed by atoms with Crippen molar-refractivity contribution in [1.29, 1.82) is 0 Å². The summed E-state index contributed by atoms with van der Waals surface area (Å²) in [6.45, 7) is 1.74. The van der Waals surface area contributed by atoms with Gasteiger partial charge < -0.3 is 10.1 Å². The number of rotatable bonds is 7. The van der Waals surface area contributed by atoms with Crippen LogP contribution in [-0.4, -0.2) is 24.3 Å². The smallest absolute Gasteiger partial charge is 0.416 e. The second-order valence-corrected chi connectivity index (χ2v) is 11.5. The fourth-order valence-corrected chi connectivity index (χ4v) is 6.01. The van der Waals surface area contributed by atoms with Crippen molar-refractivity contribution >= 4 is 50.0 Å². The number of phenolic OH excluding ortho intramolecular Hbond substituents is 1. The highest BCUT2D eigenvalue weighted by Crippen LogP contribution is 2.43. The number of anilines is 1. The van der Waals surface area contributed by atoms with Gasteiger partial charge >= 0.3 is 6.18 Å². The van der Waals surface area contributed by atoms with Crippen LogP contribution in [0, 0.1) is 0 Å². The molecular weight excluding hydrogens is 549 g/mol. The first-order valence-corrected chi connectivity index (χ1v) is 13.8. The van der Waals surface area contributed by atoms with Crippen LogP contribution in [0.4, 0.5) is 18.9 Å². The third kappa shape index (κ3) is 6.06. The van der Waals surface area contributed by atoms with Gasteiger partial charge in [-0.1, -0.05) is 30.3 Å². The lowest BCUT2D eigenvalue weighted by Crippen LogP contribution is -2.15. The van der Waals surface area contributed by atoms with Crippen molar-refractivity contribution in [3.05, 3.63) is 81.6 Å². The average molecular weight is 569 g/mol. The summed E-state index contributed by atoms with van der Waals surface area (Å²) < 4.78 is 67.1. The maximum atomic E-state index is 13.5. The Morgan fingerprint density at radius 3 is 2.41 bits per heavy atom. The number of halogens is 4. The van der Waals surface area contributed by atoms with E-state index in [1.54, 1.807) is 19.1 Å². The second kappa shape index (κ2) is 10.3. The van der Waals surface area contributed by atoms with Crippen molar-refractivity contribution in [2.75, 3.05) is 10.5 Å². The predicted octanol–water partition coefficient (Wildman–Crippen LogP) is 6.88. The van der Waals surface area contributed by atoms with Crippen LogP contribution >= 0.6 is 23.4 Å². The fraction of sp³-hybridized carbons (Fsp3) is 0.160. The number of hydrogen-bond acceptors (Lipinski definition) is 5. The van der Waals surface area contributed by atoms with Gasteiger partial charge in [0, 0.05) is 37.6 Å². The molecule has 0 aliphatic heterocycles. The summed E-state index contributed by atoms with van der Waals surface area (Å²) in [5, 5.41) is 10.9. The molecule has 6 nitrogen and oxygen atoms in total. The van der Waals surface area contributed by atoms with Gasteiger partial charge in [-0.2, -0.15) is 13.2 Å². The summed E-state index contributed by atoms with van der Waals surface area (Å²) in [5.41, 5.74) is -0.851. The number of nitrogens with one attached hydrogen (secondary N) is 2. The number of sulfonamides is 1. The molecule has 194 valence electrons. The second-order valence-electron chi connectivity index (χ2n) is 8.13. The van der Waals surface area contributed by atoms with E-state index in [-0.39, 0.29) is 43.5 Å². The highest BCUT2D eigenvalue weighted by Gasteiger charge is 2.31. The number of benzene rings is 3. The number of phenols is 1. The van der Waals surface area contributed by atoms with Crippen LogP contribution in [-0.2, 0) is 16.2 Å². The minimum Gasteiger partial charge on any atom is -0.507 e. The molecule has 3 aromatic carbocycles. The molecule has 3 N–H and O–H groups in total. The Bertz CT molecular complexity index is 1640. The maximum Gasteiger partial charge on any atom is 0.416 e. The van der Waals surface area contributed by atoms with E-state index in [1.165, 1.54) is 30.3 Å². The summed E-state index contributed by atoms with van der Waals surface area (Å²) in [5.74, 6) is -0.307. The van der Waals surface area contributed by atoms with Crippen molar-refractivity contribution in [3.63, 3.8) is 0 Å². The minimum absolute atomic E-state index is 0.0312. The molecule has 0 radical (unpaired) electrons. The molecule has 0 unspecified atom stereocenters. The molecule has 4 aromatic rings. The van der Waals surface area contributed by atoms with Gasteiger partial charge in [-0.3, -0.25) is 9.52 Å². The molecule has 37 heavy (non-hydrogen) atoms. The van der Waals surface area contributed by atoms with Crippen LogP contribution < -0.4 is 10.3 Å². The molecule has 0 aliphatic rings. The van der Waals surface area contributed by atoms with Crippen LogP contribution in [0.25, 0.3) is 22.0 Å². The van der Waals surface area contributed by atoms with Crippen LogP contribution in [0.5, 0.6) is 5.75 Å². The van der Waals surface area contributed by atoms with E-state index in [1.807, 2.05) is 0 Å². The first-order valence-electron chi connectivity index (χ1n) is 10.9. The number of pyridine rings is 1. The topological polar surface area (TPSA) is 99.3 Å². The molecule has 0 bridgehead atoms. The van der Waals surface area contributed by atoms with Gasteiger partial charge in [-0.15, -0.1) is 0 Å². The van der Waals surface area contributed by atoms with Crippen molar-refractivity contribution in [2.24, 2.45) is 0 Å². The van der Waals surface area contributed by atoms with Crippen molar-refractivity contribution in [1.82, 2.24) is 4.98 Å².